The van der Waals surface area contributed by atoms with Gasteiger partial charge in [-0.25, -0.2) is 4.39 Å². The minimum absolute atomic E-state index is 0.134. The fourth-order valence-corrected chi connectivity index (χ4v) is 4.37. The number of hydrogen-bond acceptors (Lipinski definition) is 2. The molecule has 30 heavy (non-hydrogen) atoms. The van der Waals surface area contributed by atoms with Crippen LogP contribution in [0.15, 0.2) is 48.5 Å². The minimum Gasteiger partial charge on any atom is -0.349 e. The van der Waals surface area contributed by atoms with E-state index in [9.17, 15) is 22.4 Å². The minimum atomic E-state index is -4.70. The highest BCUT2D eigenvalue weighted by molar-refractivity contribution is 5.94. The van der Waals surface area contributed by atoms with Gasteiger partial charge in [0.2, 0.25) is 0 Å². The molecule has 1 N–H and O–H groups in total. The lowest BCUT2D eigenvalue weighted by Crippen LogP contribution is -2.40. The van der Waals surface area contributed by atoms with Gasteiger partial charge in [0.25, 0.3) is 5.91 Å². The lowest BCUT2D eigenvalue weighted by molar-refractivity contribution is -0.137. The van der Waals surface area contributed by atoms with E-state index >= 15 is 0 Å². The van der Waals surface area contributed by atoms with E-state index in [4.69, 9.17) is 0 Å². The van der Waals surface area contributed by atoms with E-state index in [1.54, 1.807) is 0 Å². The Bertz CT molecular complexity index is 859. The van der Waals surface area contributed by atoms with E-state index in [2.05, 4.69) is 22.3 Å². The number of nitrogens with zero attached hydrogens (tertiary/aromatic N) is 1. The van der Waals surface area contributed by atoms with Crippen molar-refractivity contribution >= 4 is 5.91 Å². The van der Waals surface area contributed by atoms with E-state index in [0.29, 0.717) is 18.1 Å². The first-order valence-electron chi connectivity index (χ1n) is 10.0. The molecule has 0 aromatic heterocycles. The first-order valence-corrected chi connectivity index (χ1v) is 10.0. The molecule has 0 aliphatic heterocycles. The molecule has 0 bridgehead atoms. The molecule has 1 saturated carbocycles. The van der Waals surface area contributed by atoms with Crippen LogP contribution in [0.5, 0.6) is 0 Å². The summed E-state index contributed by atoms with van der Waals surface area (Å²) in [6.45, 7) is 0. The Labute approximate surface area is 174 Å². The summed E-state index contributed by atoms with van der Waals surface area (Å²) in [5, 5.41) is 2.78. The van der Waals surface area contributed by atoms with Crippen LogP contribution in [0.2, 0.25) is 0 Å². The Hall–Kier alpha value is -2.41. The number of rotatable bonds is 5. The molecule has 2 aromatic rings. The van der Waals surface area contributed by atoms with Gasteiger partial charge in [0, 0.05) is 17.6 Å². The highest BCUT2D eigenvalue weighted by Gasteiger charge is 2.33. The van der Waals surface area contributed by atoms with Gasteiger partial charge in [0.05, 0.1) is 5.56 Å². The first kappa shape index (κ1) is 22.3. The van der Waals surface area contributed by atoms with Gasteiger partial charge < -0.3 is 10.2 Å². The average Bonchev–Trinajstić information content (AvgIpc) is 2.69. The van der Waals surface area contributed by atoms with Gasteiger partial charge >= 0.3 is 6.18 Å². The van der Waals surface area contributed by atoms with Crippen LogP contribution in [0.25, 0.3) is 0 Å². The molecule has 7 heteroatoms. The van der Waals surface area contributed by atoms with E-state index in [-0.39, 0.29) is 17.6 Å². The zero-order valence-corrected chi connectivity index (χ0v) is 17.0. The monoisotopic (exact) mass is 422 g/mol. The predicted molar refractivity (Wildman–Crippen MR) is 107 cm³/mol. The normalized spacial score (nSPS) is 20.8. The summed E-state index contributed by atoms with van der Waals surface area (Å²) in [6.07, 6.45) is -1.46. The van der Waals surface area contributed by atoms with Crippen LogP contribution in [0.1, 0.15) is 53.2 Å². The third kappa shape index (κ3) is 5.39. The molecular formula is C23H26F4N2O. The second-order valence-corrected chi connectivity index (χ2v) is 8.13. The molecule has 0 spiro atoms. The topological polar surface area (TPSA) is 32.3 Å². The number of benzene rings is 2. The van der Waals surface area contributed by atoms with E-state index in [1.807, 2.05) is 32.3 Å². The third-order valence-electron chi connectivity index (χ3n) is 5.74. The molecule has 1 aliphatic carbocycles. The molecule has 162 valence electrons. The number of hydrogen-bond donors (Lipinski definition) is 1. The van der Waals surface area contributed by atoms with Crippen LogP contribution < -0.4 is 5.32 Å². The van der Waals surface area contributed by atoms with Crippen LogP contribution in [0.4, 0.5) is 17.6 Å². The predicted octanol–water partition coefficient (Wildman–Crippen LogP) is 5.44. The van der Waals surface area contributed by atoms with Crippen molar-refractivity contribution in [3.63, 3.8) is 0 Å². The molecule has 1 amide bonds. The Morgan fingerprint density at radius 1 is 1.03 bits per heavy atom. The maximum atomic E-state index is 13.6. The summed E-state index contributed by atoms with van der Waals surface area (Å²) in [6, 6.07) is 12.3. The van der Waals surface area contributed by atoms with Crippen LogP contribution >= 0.6 is 0 Å². The Kier molecular flexibility index (Phi) is 6.81. The van der Waals surface area contributed by atoms with Crippen molar-refractivity contribution < 1.29 is 22.4 Å². The van der Waals surface area contributed by atoms with Gasteiger partial charge in [-0.1, -0.05) is 30.3 Å². The summed E-state index contributed by atoms with van der Waals surface area (Å²) in [5.74, 6) is -1.33. The molecule has 2 aromatic carbocycles. The quantitative estimate of drug-likeness (QED) is 0.651. The molecule has 1 fully saturated rings. The summed E-state index contributed by atoms with van der Waals surface area (Å²) in [7, 11) is 4.10. The fourth-order valence-electron chi connectivity index (χ4n) is 4.37. The summed E-state index contributed by atoms with van der Waals surface area (Å²) in [5.41, 5.74) is -0.220. The van der Waals surface area contributed by atoms with Crippen molar-refractivity contribution in [2.24, 2.45) is 5.92 Å². The van der Waals surface area contributed by atoms with E-state index in [0.717, 1.165) is 31.7 Å². The van der Waals surface area contributed by atoms with Crippen LogP contribution in [0.3, 0.4) is 0 Å². The number of halogens is 4. The molecule has 3 nitrogen and oxygen atoms in total. The highest BCUT2D eigenvalue weighted by Crippen LogP contribution is 2.37. The SMILES string of the molecule is CN(C)C(c1ccccc1)C1CCC(NC(=O)c2cc(F)cc(C(F)(F)F)c2)CC1. The Morgan fingerprint density at radius 2 is 1.67 bits per heavy atom. The zero-order chi connectivity index (χ0) is 21.9. The lowest BCUT2D eigenvalue weighted by Gasteiger charge is -2.37. The van der Waals surface area contributed by atoms with Gasteiger partial charge in [-0.05, 0) is 69.5 Å². The number of alkyl halides is 3. The lowest BCUT2D eigenvalue weighted by atomic mass is 9.78. The van der Waals surface area contributed by atoms with Gasteiger partial charge in [-0.2, -0.15) is 13.2 Å². The van der Waals surface area contributed by atoms with Crippen LogP contribution in [-0.2, 0) is 6.18 Å². The zero-order valence-electron chi connectivity index (χ0n) is 17.0. The summed E-state index contributed by atoms with van der Waals surface area (Å²) < 4.78 is 52.3. The molecule has 1 atom stereocenters. The van der Waals surface area contributed by atoms with Crippen molar-refractivity contribution in [1.29, 1.82) is 0 Å². The smallest absolute Gasteiger partial charge is 0.349 e. The van der Waals surface area contributed by atoms with Crippen molar-refractivity contribution in [3.05, 3.63) is 71.0 Å². The Morgan fingerprint density at radius 3 is 2.23 bits per heavy atom. The maximum absolute atomic E-state index is 13.6. The average molecular weight is 422 g/mol. The molecule has 3 rings (SSSR count). The van der Waals surface area contributed by atoms with Gasteiger partial charge in [-0.3, -0.25) is 4.79 Å². The summed E-state index contributed by atoms with van der Waals surface area (Å²) >= 11 is 0. The van der Waals surface area contributed by atoms with Crippen molar-refractivity contribution in [3.8, 4) is 0 Å². The van der Waals surface area contributed by atoms with Gasteiger partial charge in [0.1, 0.15) is 5.82 Å². The standard InChI is InChI=1S/C23H26F4N2O/c1-29(2)21(15-6-4-3-5-7-15)16-8-10-20(11-9-16)28-22(30)17-12-18(23(25,26)27)14-19(24)13-17/h3-7,12-14,16,20-21H,8-11H2,1-2H3,(H,28,30). The second-order valence-electron chi connectivity index (χ2n) is 8.13. The van der Waals surface area contributed by atoms with E-state index < -0.39 is 23.5 Å². The molecule has 1 unspecified atom stereocenters. The van der Waals surface area contributed by atoms with Crippen molar-refractivity contribution in [2.45, 2.75) is 43.9 Å². The number of amides is 1. The van der Waals surface area contributed by atoms with Crippen molar-refractivity contribution in [1.82, 2.24) is 10.2 Å². The van der Waals surface area contributed by atoms with E-state index in [1.165, 1.54) is 5.56 Å². The number of nitrogens with one attached hydrogen (secondary N) is 1. The second kappa shape index (κ2) is 9.16. The largest absolute Gasteiger partial charge is 0.416 e. The molecule has 0 radical (unpaired) electrons. The molecule has 0 heterocycles. The fraction of sp³-hybridized carbons (Fsp3) is 0.435. The number of carbonyl (C=O) groups excluding carboxylic acids is 1. The third-order valence-corrected chi connectivity index (χ3v) is 5.74. The van der Waals surface area contributed by atoms with Crippen LogP contribution in [-0.4, -0.2) is 30.9 Å². The molecular weight excluding hydrogens is 396 g/mol. The maximum Gasteiger partial charge on any atom is 0.416 e. The molecule has 1 aliphatic rings. The first-order chi connectivity index (χ1) is 14.1. The summed E-state index contributed by atoms with van der Waals surface area (Å²) in [4.78, 5) is 14.6. The van der Waals surface area contributed by atoms with Gasteiger partial charge in [0.15, 0.2) is 0 Å². The van der Waals surface area contributed by atoms with Crippen LogP contribution in [0, 0.1) is 11.7 Å². The van der Waals surface area contributed by atoms with Gasteiger partial charge in [-0.15, -0.1) is 0 Å². The molecule has 0 saturated heterocycles. The Balaban J connectivity index is 1.63. The van der Waals surface area contributed by atoms with Crippen molar-refractivity contribution in [2.75, 3.05) is 14.1 Å². The highest BCUT2D eigenvalue weighted by atomic mass is 19.4. The number of carbonyl (C=O) groups is 1.